The summed E-state index contributed by atoms with van der Waals surface area (Å²) >= 11 is 0. The van der Waals surface area contributed by atoms with Crippen molar-refractivity contribution in [3.63, 3.8) is 0 Å². The second-order valence-electron chi connectivity index (χ2n) is 4.74. The largest absolute Gasteiger partial charge is 0.490 e. The molecule has 2 rings (SSSR count). The summed E-state index contributed by atoms with van der Waals surface area (Å²) in [5.74, 6) is -1.58. The molecule has 1 aliphatic rings. The highest BCUT2D eigenvalue weighted by atomic mass is 19.4. The Labute approximate surface area is 112 Å². The van der Waals surface area contributed by atoms with Gasteiger partial charge in [0.1, 0.15) is 0 Å². The lowest BCUT2D eigenvalue weighted by molar-refractivity contribution is -0.248. The zero-order valence-corrected chi connectivity index (χ0v) is 10.3. The normalized spacial score (nSPS) is 21.6. The molecule has 0 spiro atoms. The molecule has 0 amide bonds. The van der Waals surface area contributed by atoms with Gasteiger partial charge in [-0.3, -0.25) is 4.79 Å². The van der Waals surface area contributed by atoms with E-state index in [9.17, 15) is 27.5 Å². The van der Waals surface area contributed by atoms with Gasteiger partial charge in [-0.2, -0.15) is 13.2 Å². The van der Waals surface area contributed by atoms with Gasteiger partial charge in [0.2, 0.25) is 5.60 Å². The van der Waals surface area contributed by atoms with Crippen molar-refractivity contribution in [2.24, 2.45) is 0 Å². The summed E-state index contributed by atoms with van der Waals surface area (Å²) in [6, 6.07) is 3.92. The van der Waals surface area contributed by atoms with Crippen LogP contribution in [0.25, 0.3) is 0 Å². The molecular formula is C13H12F4O3. The van der Waals surface area contributed by atoms with Gasteiger partial charge in [-0.25, -0.2) is 4.39 Å². The minimum atomic E-state index is -5.07. The molecule has 0 bridgehead atoms. The van der Waals surface area contributed by atoms with Gasteiger partial charge in [0, 0.05) is 5.56 Å². The van der Waals surface area contributed by atoms with E-state index in [1.165, 1.54) is 12.1 Å². The molecule has 0 fully saturated rings. The SMILES string of the molecule is O=CC(O)(CC1CCOc2c(F)cccc21)C(F)(F)F. The number of halogens is 4. The lowest BCUT2D eigenvalue weighted by Crippen LogP contribution is -2.48. The second-order valence-corrected chi connectivity index (χ2v) is 4.74. The lowest BCUT2D eigenvalue weighted by atomic mass is 9.83. The number of alkyl halides is 3. The topological polar surface area (TPSA) is 46.5 Å². The quantitative estimate of drug-likeness (QED) is 0.688. The minimum absolute atomic E-state index is 0.0331. The van der Waals surface area contributed by atoms with Gasteiger partial charge in [0.25, 0.3) is 0 Å². The fourth-order valence-electron chi connectivity index (χ4n) is 2.28. The van der Waals surface area contributed by atoms with E-state index in [2.05, 4.69) is 0 Å². The van der Waals surface area contributed by atoms with Crippen LogP contribution in [0.2, 0.25) is 0 Å². The summed E-state index contributed by atoms with van der Waals surface area (Å²) in [4.78, 5) is 10.7. The molecule has 1 aromatic rings. The molecule has 1 heterocycles. The van der Waals surface area contributed by atoms with Gasteiger partial charge in [0.15, 0.2) is 17.9 Å². The van der Waals surface area contributed by atoms with Gasteiger partial charge in [0.05, 0.1) is 6.61 Å². The highest BCUT2D eigenvalue weighted by Crippen LogP contribution is 2.43. The van der Waals surface area contributed by atoms with E-state index in [0.29, 0.717) is 0 Å². The maximum Gasteiger partial charge on any atom is 0.424 e. The first-order chi connectivity index (χ1) is 9.28. The fourth-order valence-corrected chi connectivity index (χ4v) is 2.28. The number of benzene rings is 1. The van der Waals surface area contributed by atoms with Gasteiger partial charge in [-0.05, 0) is 24.8 Å². The minimum Gasteiger partial charge on any atom is -0.490 e. The number of carbonyl (C=O) groups is 1. The first kappa shape index (κ1) is 14.8. The molecule has 0 saturated carbocycles. The third kappa shape index (κ3) is 2.49. The van der Waals surface area contributed by atoms with Crippen molar-refractivity contribution in [2.75, 3.05) is 6.61 Å². The van der Waals surface area contributed by atoms with Gasteiger partial charge < -0.3 is 9.84 Å². The first-order valence-electron chi connectivity index (χ1n) is 5.95. The van der Waals surface area contributed by atoms with E-state index in [1.807, 2.05) is 0 Å². The second kappa shape index (κ2) is 5.05. The zero-order valence-electron chi connectivity index (χ0n) is 10.3. The summed E-state index contributed by atoms with van der Waals surface area (Å²) in [6.07, 6.45) is -6.26. The van der Waals surface area contributed by atoms with Crippen LogP contribution in [0, 0.1) is 5.82 Å². The van der Waals surface area contributed by atoms with E-state index < -0.39 is 36.2 Å². The Bertz CT molecular complexity index is 515. The molecule has 110 valence electrons. The molecule has 0 saturated heterocycles. The number of hydrogen-bond donors (Lipinski definition) is 1. The molecule has 0 aliphatic carbocycles. The summed E-state index contributed by atoms with van der Waals surface area (Å²) in [5, 5.41) is 9.48. The number of rotatable bonds is 3. The molecule has 1 aliphatic heterocycles. The monoisotopic (exact) mass is 292 g/mol. The molecule has 1 N–H and O–H groups in total. The molecular weight excluding hydrogens is 280 g/mol. The van der Waals surface area contributed by atoms with E-state index in [1.54, 1.807) is 0 Å². The number of fused-ring (bicyclic) bond motifs is 1. The van der Waals surface area contributed by atoms with Crippen LogP contribution in [0.5, 0.6) is 5.75 Å². The predicted molar refractivity (Wildman–Crippen MR) is 60.9 cm³/mol. The molecule has 2 atom stereocenters. The van der Waals surface area contributed by atoms with Crippen LogP contribution in [0.4, 0.5) is 17.6 Å². The fraction of sp³-hybridized carbons (Fsp3) is 0.462. The number of para-hydroxylation sites is 1. The van der Waals surface area contributed by atoms with E-state index in [-0.39, 0.29) is 24.3 Å². The Morgan fingerprint density at radius 3 is 2.70 bits per heavy atom. The molecule has 2 unspecified atom stereocenters. The molecule has 3 nitrogen and oxygen atoms in total. The van der Waals surface area contributed by atoms with Crippen LogP contribution in [0.3, 0.4) is 0 Å². The van der Waals surface area contributed by atoms with Gasteiger partial charge in [-0.15, -0.1) is 0 Å². The molecule has 0 radical (unpaired) electrons. The Morgan fingerprint density at radius 2 is 2.10 bits per heavy atom. The summed E-state index contributed by atoms with van der Waals surface area (Å²) in [6.45, 7) is 0.0331. The highest BCUT2D eigenvalue weighted by molar-refractivity contribution is 5.64. The van der Waals surface area contributed by atoms with Crippen LogP contribution < -0.4 is 4.74 Å². The molecule has 1 aromatic carbocycles. The summed E-state index contributed by atoms with van der Waals surface area (Å²) < 4.78 is 56.8. The Morgan fingerprint density at radius 1 is 1.40 bits per heavy atom. The van der Waals surface area contributed by atoms with Crippen LogP contribution >= 0.6 is 0 Å². The Kier molecular flexibility index (Phi) is 3.73. The molecule has 0 aromatic heterocycles. The van der Waals surface area contributed by atoms with Crippen LogP contribution in [0.1, 0.15) is 24.3 Å². The third-order valence-corrected chi connectivity index (χ3v) is 3.39. The van der Waals surface area contributed by atoms with Crippen LogP contribution in [-0.4, -0.2) is 29.8 Å². The average molecular weight is 292 g/mol. The number of aliphatic hydroxyl groups is 1. The van der Waals surface area contributed by atoms with Crippen molar-refractivity contribution in [3.8, 4) is 5.75 Å². The van der Waals surface area contributed by atoms with E-state index in [0.717, 1.165) is 6.07 Å². The van der Waals surface area contributed by atoms with E-state index >= 15 is 0 Å². The van der Waals surface area contributed by atoms with Crippen molar-refractivity contribution in [3.05, 3.63) is 29.6 Å². The van der Waals surface area contributed by atoms with Crippen molar-refractivity contribution in [2.45, 2.75) is 30.5 Å². The van der Waals surface area contributed by atoms with Crippen molar-refractivity contribution in [1.82, 2.24) is 0 Å². The number of carbonyl (C=O) groups excluding carboxylic acids is 1. The Hall–Kier alpha value is -1.63. The van der Waals surface area contributed by atoms with E-state index in [4.69, 9.17) is 4.74 Å². The number of ether oxygens (including phenoxy) is 1. The van der Waals surface area contributed by atoms with Crippen molar-refractivity contribution in [1.29, 1.82) is 0 Å². The predicted octanol–water partition coefficient (Wildman–Crippen LogP) is 2.57. The zero-order chi connectivity index (χ0) is 15.0. The summed E-state index contributed by atoms with van der Waals surface area (Å²) in [7, 11) is 0. The van der Waals surface area contributed by atoms with Crippen LogP contribution in [-0.2, 0) is 4.79 Å². The maximum absolute atomic E-state index is 13.5. The van der Waals surface area contributed by atoms with Crippen LogP contribution in [0.15, 0.2) is 18.2 Å². The van der Waals surface area contributed by atoms with Gasteiger partial charge >= 0.3 is 6.18 Å². The first-order valence-corrected chi connectivity index (χ1v) is 5.95. The number of hydrogen-bond acceptors (Lipinski definition) is 3. The Balaban J connectivity index is 2.33. The van der Waals surface area contributed by atoms with Gasteiger partial charge in [-0.1, -0.05) is 12.1 Å². The lowest BCUT2D eigenvalue weighted by Gasteiger charge is -2.32. The number of aldehydes is 1. The molecule has 20 heavy (non-hydrogen) atoms. The molecule has 7 heteroatoms. The average Bonchev–Trinajstić information content (AvgIpc) is 2.38. The van der Waals surface area contributed by atoms with Crippen molar-refractivity contribution >= 4 is 6.29 Å². The maximum atomic E-state index is 13.5. The highest BCUT2D eigenvalue weighted by Gasteiger charge is 2.55. The van der Waals surface area contributed by atoms with Crippen molar-refractivity contribution < 1.29 is 32.2 Å². The third-order valence-electron chi connectivity index (χ3n) is 3.39. The smallest absolute Gasteiger partial charge is 0.424 e. The summed E-state index contributed by atoms with van der Waals surface area (Å²) in [5.41, 5.74) is -3.20. The standard InChI is InChI=1S/C13H12F4O3/c14-10-3-1-2-9-8(4-5-20-11(9)10)6-12(19,7-18)13(15,16)17/h1-3,7-8,19H,4-6H2.